The van der Waals surface area contributed by atoms with Crippen molar-refractivity contribution in [2.75, 3.05) is 164 Å². The number of methoxy groups -OCH3 is 2. The summed E-state index contributed by atoms with van der Waals surface area (Å²) in [6, 6.07) is 13.1. The van der Waals surface area contributed by atoms with Gasteiger partial charge in [-0.15, -0.1) is 0 Å². The number of nitrogens with zero attached hydrogens (tertiary/aromatic N) is 7. The fraction of sp³-hybridized carbons (Fsp3) is 0.600. The zero-order valence-corrected chi connectivity index (χ0v) is 50.3. The van der Waals surface area contributed by atoms with Crippen molar-refractivity contribution < 1.29 is 67.8 Å². The summed E-state index contributed by atoms with van der Waals surface area (Å²) in [5, 5.41) is 46.8. The second kappa shape index (κ2) is 33.6. The Morgan fingerprint density at radius 2 is 1.36 bits per heavy atom. The molecule has 25 nitrogen and oxygen atoms in total. The van der Waals surface area contributed by atoms with E-state index in [2.05, 4.69) is 46.1 Å². The highest BCUT2D eigenvalue weighted by Gasteiger charge is 2.54. The van der Waals surface area contributed by atoms with E-state index in [1.54, 1.807) is 34.8 Å². The van der Waals surface area contributed by atoms with Crippen molar-refractivity contribution >= 4 is 47.6 Å². The number of hydrogen-bond donors (Lipinski definition) is 7. The number of carboxylic acid groups (broad SMARTS) is 3. The maximum absolute atomic E-state index is 14.3. The molecule has 468 valence electrons. The minimum Gasteiger partial charge on any atom is -0.496 e. The molecule has 25 heteroatoms. The van der Waals surface area contributed by atoms with Crippen molar-refractivity contribution in [3.8, 4) is 28.4 Å². The molecule has 1 saturated heterocycles. The number of allylic oxidation sites excluding steroid dienone is 1. The number of aliphatic carboxylic acids is 3. The van der Waals surface area contributed by atoms with Crippen molar-refractivity contribution in [3.05, 3.63) is 65.4 Å². The monoisotopic (exact) mass is 1190 g/mol. The van der Waals surface area contributed by atoms with E-state index in [9.17, 15) is 48.9 Å². The zero-order chi connectivity index (χ0) is 61.5. The van der Waals surface area contributed by atoms with Crippen LogP contribution in [-0.2, 0) is 38.2 Å². The van der Waals surface area contributed by atoms with Crippen LogP contribution in [-0.4, -0.2) is 256 Å². The lowest BCUT2D eigenvalue weighted by Gasteiger charge is -2.41. The molecule has 3 amide bonds. The van der Waals surface area contributed by atoms with Crippen molar-refractivity contribution in [3.63, 3.8) is 0 Å². The molecule has 0 spiro atoms. The first-order valence-corrected chi connectivity index (χ1v) is 29.4. The number of hydrogen-bond acceptors (Lipinski definition) is 18. The molecule has 2 aromatic carbocycles. The second-order valence-electron chi connectivity index (χ2n) is 22.4. The average molecular weight is 1190 g/mol. The van der Waals surface area contributed by atoms with Crippen LogP contribution in [0.2, 0.25) is 0 Å². The summed E-state index contributed by atoms with van der Waals surface area (Å²) in [6.07, 6.45) is 6.48. The summed E-state index contributed by atoms with van der Waals surface area (Å²) in [7, 11) is 5.17. The first kappa shape index (κ1) is 67.1. The van der Waals surface area contributed by atoms with Gasteiger partial charge >= 0.3 is 17.9 Å². The number of benzene rings is 2. The molecule has 2 bridgehead atoms. The van der Waals surface area contributed by atoms with E-state index in [4.69, 9.17) is 24.0 Å². The number of carbonyl (C=O) groups is 7. The van der Waals surface area contributed by atoms with Gasteiger partial charge in [0, 0.05) is 77.7 Å². The molecule has 1 aromatic heterocycles. The maximum atomic E-state index is 14.3. The molecule has 2 fully saturated rings. The Balaban J connectivity index is 0.895. The summed E-state index contributed by atoms with van der Waals surface area (Å²) in [5.74, 6) is -3.00. The molecule has 2 heterocycles. The van der Waals surface area contributed by atoms with Crippen molar-refractivity contribution in [1.29, 1.82) is 0 Å². The summed E-state index contributed by atoms with van der Waals surface area (Å²) in [4.78, 5) is 96.7. The van der Waals surface area contributed by atoms with E-state index in [-0.39, 0.29) is 88.5 Å². The Labute approximate surface area is 498 Å². The maximum Gasteiger partial charge on any atom is 0.334 e. The van der Waals surface area contributed by atoms with Gasteiger partial charge in [0.05, 0.1) is 77.2 Å². The van der Waals surface area contributed by atoms with Gasteiger partial charge in [-0.25, -0.2) is 9.48 Å². The van der Waals surface area contributed by atoms with Gasteiger partial charge in [-0.05, 0) is 118 Å². The number of aldehydes is 1. The predicted molar refractivity (Wildman–Crippen MR) is 319 cm³/mol. The van der Waals surface area contributed by atoms with Crippen LogP contribution in [0.1, 0.15) is 74.8 Å². The molecular formula is C60H89N11O14. The number of carbonyl (C=O) groups excluding carboxylic acids is 4. The quantitative estimate of drug-likeness (QED) is 0.0262. The number of aromatic nitrogens is 2. The molecule has 85 heavy (non-hydrogen) atoms. The highest BCUT2D eigenvalue weighted by Crippen LogP contribution is 2.47. The summed E-state index contributed by atoms with van der Waals surface area (Å²) < 4.78 is 24.5. The lowest BCUT2D eigenvalue weighted by molar-refractivity contribution is -0.146. The Kier molecular flexibility index (Phi) is 26.6. The molecule has 0 radical (unpaired) electrons. The minimum absolute atomic E-state index is 0.0244. The minimum atomic E-state index is -1.53. The Morgan fingerprint density at radius 1 is 0.765 bits per heavy atom. The van der Waals surface area contributed by atoms with Gasteiger partial charge < -0.3 is 65.2 Å². The SMILES string of the molecule is COc1cccc(OC)c1-c1cc(C(=O)NC2(C(=O)O)C3=CCC(C3)CC2C)nn1-c1ccc(NCCCN(C)CCCNC(=O)COCCOCCNC(=O)CN2CCN(CC(=O)O)CCN(CC=O)CCN(CC(=O)O)CC2)cc1C(C)C. The van der Waals surface area contributed by atoms with Crippen LogP contribution < -0.4 is 30.7 Å². The third-order valence-corrected chi connectivity index (χ3v) is 15.9. The van der Waals surface area contributed by atoms with Gasteiger partial charge in [0.25, 0.3) is 5.91 Å². The summed E-state index contributed by atoms with van der Waals surface area (Å²) >= 11 is 0. The highest BCUT2D eigenvalue weighted by molar-refractivity contribution is 5.99. The molecule has 3 aliphatic rings. The number of fused-ring (bicyclic) bond motifs is 2. The lowest BCUT2D eigenvalue weighted by Crippen LogP contribution is -2.61. The predicted octanol–water partition coefficient (Wildman–Crippen LogP) is 2.59. The number of carboxylic acids is 3. The molecular weight excluding hydrogens is 1100 g/mol. The van der Waals surface area contributed by atoms with Crippen LogP contribution in [0.25, 0.3) is 16.9 Å². The third-order valence-electron chi connectivity index (χ3n) is 15.9. The highest BCUT2D eigenvalue weighted by atomic mass is 16.5. The van der Waals surface area contributed by atoms with Gasteiger partial charge in [0.15, 0.2) is 11.2 Å². The Bertz CT molecular complexity index is 2700. The normalized spacial score (nSPS) is 19.1. The van der Waals surface area contributed by atoms with Crippen LogP contribution in [0.3, 0.4) is 0 Å². The molecule has 6 rings (SSSR count). The van der Waals surface area contributed by atoms with Gasteiger partial charge in [0.2, 0.25) is 11.8 Å². The van der Waals surface area contributed by atoms with Crippen LogP contribution >= 0.6 is 0 Å². The van der Waals surface area contributed by atoms with E-state index in [0.717, 1.165) is 61.1 Å². The Morgan fingerprint density at radius 3 is 1.96 bits per heavy atom. The zero-order valence-electron chi connectivity index (χ0n) is 50.3. The fourth-order valence-electron chi connectivity index (χ4n) is 11.4. The fourth-order valence-corrected chi connectivity index (χ4v) is 11.4. The first-order valence-electron chi connectivity index (χ1n) is 29.4. The number of nitrogens with one attached hydrogen (secondary N) is 4. The van der Waals surface area contributed by atoms with Crippen LogP contribution in [0, 0.1) is 11.8 Å². The molecule has 2 aliphatic carbocycles. The van der Waals surface area contributed by atoms with Crippen molar-refractivity contribution in [2.24, 2.45) is 11.8 Å². The standard InChI is InChI=1S/C60H89N11O14/c1-42(2)47-36-46(14-15-49(47)71-50(57-51(82-5)10-7-11-52(57)83-6)37-48(65-71)58(79)64-60(59(80)81)43(3)34-44-12-13-45(60)35-44)61-16-8-19-66(4)20-9-17-62-54(74)41-85-33-32-84-31-18-63-53(73)38-68-25-27-69(39-55(75)76)23-21-67(29-30-72)22-24-70(28-26-68)40-56(77)78/h7,10-11,13-15,30,36-37,42-44,61H,8-9,12,16-29,31-35,38-41H2,1-6H3,(H,62,74)(H,63,73)(H,64,79)(H,75,76)(H,77,78)(H,80,81). The second-order valence-corrected chi connectivity index (χ2v) is 22.4. The largest absolute Gasteiger partial charge is 0.496 e. The molecule has 3 atom stereocenters. The van der Waals surface area contributed by atoms with Crippen molar-refractivity contribution in [2.45, 2.75) is 64.3 Å². The van der Waals surface area contributed by atoms with E-state index in [0.29, 0.717) is 107 Å². The average Bonchev–Trinajstić information content (AvgIpc) is 1.90. The smallest absolute Gasteiger partial charge is 0.334 e. The van der Waals surface area contributed by atoms with E-state index in [1.807, 2.05) is 60.2 Å². The van der Waals surface area contributed by atoms with Gasteiger partial charge in [-0.3, -0.25) is 43.6 Å². The number of ether oxygens (including phenoxy) is 4. The Hall–Kier alpha value is -7.00. The van der Waals surface area contributed by atoms with Crippen LogP contribution in [0.4, 0.5) is 5.69 Å². The van der Waals surface area contributed by atoms with Crippen LogP contribution in [0.15, 0.2) is 54.1 Å². The molecule has 3 aromatic rings. The summed E-state index contributed by atoms with van der Waals surface area (Å²) in [6.45, 7) is 12.5. The number of anilines is 1. The summed E-state index contributed by atoms with van der Waals surface area (Å²) in [5.41, 5.74) is 3.00. The van der Waals surface area contributed by atoms with Crippen molar-refractivity contribution in [1.82, 2.24) is 50.2 Å². The first-order chi connectivity index (χ1) is 40.8. The number of amides is 3. The molecule has 7 N–H and O–H groups in total. The number of rotatable bonds is 33. The van der Waals surface area contributed by atoms with Gasteiger partial charge in [-0.1, -0.05) is 32.9 Å². The lowest BCUT2D eigenvalue weighted by atomic mass is 9.69. The van der Waals surface area contributed by atoms with E-state index < -0.39 is 29.4 Å². The molecule has 3 unspecified atom stereocenters. The molecule has 1 aliphatic heterocycles. The van der Waals surface area contributed by atoms with E-state index >= 15 is 0 Å². The molecule has 1 saturated carbocycles. The third kappa shape index (κ3) is 19.8. The van der Waals surface area contributed by atoms with Gasteiger partial charge in [-0.2, -0.15) is 5.10 Å². The van der Waals surface area contributed by atoms with E-state index in [1.165, 1.54) is 0 Å². The van der Waals surface area contributed by atoms with Crippen LogP contribution in [0.5, 0.6) is 11.5 Å². The van der Waals surface area contributed by atoms with Gasteiger partial charge in [0.1, 0.15) is 24.4 Å². The topological polar surface area (TPSA) is 299 Å².